The van der Waals surface area contributed by atoms with Gasteiger partial charge in [0.05, 0.1) is 17.9 Å². The van der Waals surface area contributed by atoms with Crippen LogP contribution < -0.4 is 5.32 Å². The van der Waals surface area contributed by atoms with E-state index in [2.05, 4.69) is 128 Å². The molecule has 2 atom stereocenters. The van der Waals surface area contributed by atoms with Crippen molar-refractivity contribution in [3.8, 4) is 22.4 Å². The molecule has 290 valence electrons. The molecule has 1 amide bonds. The van der Waals surface area contributed by atoms with Crippen LogP contribution in [0.1, 0.15) is 151 Å². The molecule has 3 aromatic rings. The fourth-order valence-corrected chi connectivity index (χ4v) is 9.27. The van der Waals surface area contributed by atoms with E-state index in [0.29, 0.717) is 24.0 Å². The maximum absolute atomic E-state index is 13.7. The molecule has 2 aromatic carbocycles. The van der Waals surface area contributed by atoms with Crippen LogP contribution in [0.3, 0.4) is 0 Å². The fraction of sp³-hybridized carbons (Fsp3) is 0.583. The van der Waals surface area contributed by atoms with Gasteiger partial charge in [0.2, 0.25) is 5.91 Å². The van der Waals surface area contributed by atoms with Gasteiger partial charge in [-0.25, -0.2) is 4.98 Å². The predicted octanol–water partition coefficient (Wildman–Crippen LogP) is 12.0. The standard InChI is InChI=1S/C48H66N4O2/c1-45(2,3)38(28-41(53)47(7,8)36-15-11-12-16-36)43-50-30-40(51-43)34-25-23-32(24-26-34)31-19-21-33(22-20-31)35-27-39(49-29-35)42(46(4,5)6)52-44(54)48(9,10)37-17-13-14-18-37/h19-26,29-30,36-38,42H,11-18,27-28H2,1-10H3,(H,50,51)(H,52,54)/t38-,42-/m1/s1. The Labute approximate surface area is 325 Å². The Hall–Kier alpha value is -3.80. The highest BCUT2D eigenvalue weighted by atomic mass is 16.2. The summed E-state index contributed by atoms with van der Waals surface area (Å²) in [5.41, 5.74) is 6.77. The molecule has 1 aromatic heterocycles. The number of H-pyrrole nitrogens is 1. The predicted molar refractivity (Wildman–Crippen MR) is 224 cm³/mol. The van der Waals surface area contributed by atoms with Crippen LogP contribution in [0.25, 0.3) is 28.0 Å². The number of allylic oxidation sites excluding steroid dienone is 1. The van der Waals surface area contributed by atoms with Gasteiger partial charge in [-0.2, -0.15) is 0 Å². The molecule has 3 aliphatic rings. The third-order valence-electron chi connectivity index (χ3n) is 13.4. The highest BCUT2D eigenvalue weighted by Gasteiger charge is 2.43. The Bertz CT molecular complexity index is 1850. The van der Waals surface area contributed by atoms with E-state index in [1.807, 2.05) is 12.4 Å². The molecule has 2 N–H and O–H groups in total. The van der Waals surface area contributed by atoms with E-state index in [0.717, 1.165) is 71.6 Å². The topological polar surface area (TPSA) is 87.2 Å². The number of carbonyl (C=O) groups is 2. The lowest BCUT2D eigenvalue weighted by Gasteiger charge is -2.37. The summed E-state index contributed by atoms with van der Waals surface area (Å²) in [6.45, 7) is 21.8. The zero-order chi connectivity index (χ0) is 39.1. The number of nitrogens with one attached hydrogen (secondary N) is 2. The number of ketones is 1. The van der Waals surface area contributed by atoms with Crippen molar-refractivity contribution in [1.82, 2.24) is 15.3 Å². The second kappa shape index (κ2) is 15.4. The number of amides is 1. The number of Topliss-reactive ketones (excluding diaryl/α,β-unsaturated/α-hetero) is 1. The van der Waals surface area contributed by atoms with E-state index in [-0.39, 0.29) is 39.5 Å². The van der Waals surface area contributed by atoms with Crippen molar-refractivity contribution in [2.75, 3.05) is 0 Å². The van der Waals surface area contributed by atoms with Crippen LogP contribution in [0, 0.1) is 33.5 Å². The Morgan fingerprint density at radius 1 is 0.704 bits per heavy atom. The van der Waals surface area contributed by atoms with Gasteiger partial charge in [0.1, 0.15) is 11.6 Å². The maximum atomic E-state index is 13.7. The zero-order valence-corrected chi connectivity index (χ0v) is 34.9. The van der Waals surface area contributed by atoms with Crippen LogP contribution in [0.2, 0.25) is 0 Å². The number of aromatic amines is 1. The lowest BCUT2D eigenvalue weighted by Crippen LogP contribution is -2.53. The highest BCUT2D eigenvalue weighted by Crippen LogP contribution is 2.45. The van der Waals surface area contributed by atoms with Gasteiger partial charge in [0.25, 0.3) is 0 Å². The minimum absolute atomic E-state index is 0.0144. The molecule has 6 rings (SSSR count). The molecule has 2 saturated carbocycles. The van der Waals surface area contributed by atoms with E-state index >= 15 is 0 Å². The number of carbonyl (C=O) groups excluding carboxylic acids is 2. The van der Waals surface area contributed by atoms with Gasteiger partial charge in [-0.15, -0.1) is 0 Å². The van der Waals surface area contributed by atoms with Crippen LogP contribution in [-0.2, 0) is 9.59 Å². The number of hydrogen-bond acceptors (Lipinski definition) is 4. The first-order valence-electron chi connectivity index (χ1n) is 20.7. The van der Waals surface area contributed by atoms with Crippen LogP contribution in [0.5, 0.6) is 0 Å². The van der Waals surface area contributed by atoms with E-state index in [9.17, 15) is 9.59 Å². The van der Waals surface area contributed by atoms with Gasteiger partial charge >= 0.3 is 0 Å². The van der Waals surface area contributed by atoms with E-state index < -0.39 is 0 Å². The van der Waals surface area contributed by atoms with Crippen molar-refractivity contribution in [1.29, 1.82) is 0 Å². The Balaban J connectivity index is 1.09. The van der Waals surface area contributed by atoms with Crippen molar-refractivity contribution >= 4 is 23.0 Å². The van der Waals surface area contributed by atoms with E-state index in [4.69, 9.17) is 9.98 Å². The molecule has 0 unspecified atom stereocenters. The molecule has 0 bridgehead atoms. The lowest BCUT2D eigenvalue weighted by molar-refractivity contribution is -0.133. The first-order chi connectivity index (χ1) is 25.4. The van der Waals surface area contributed by atoms with Crippen molar-refractivity contribution in [2.24, 2.45) is 38.5 Å². The molecule has 0 radical (unpaired) electrons. The third kappa shape index (κ3) is 8.53. The smallest absolute Gasteiger partial charge is 0.226 e. The number of imidazole rings is 1. The summed E-state index contributed by atoms with van der Waals surface area (Å²) in [6, 6.07) is 17.2. The monoisotopic (exact) mass is 731 g/mol. The van der Waals surface area contributed by atoms with Crippen LogP contribution in [-0.4, -0.2) is 33.4 Å². The summed E-state index contributed by atoms with van der Waals surface area (Å²) in [4.78, 5) is 40.7. The van der Waals surface area contributed by atoms with Crippen LogP contribution in [0.15, 0.2) is 65.9 Å². The summed E-state index contributed by atoms with van der Waals surface area (Å²) < 4.78 is 0. The SMILES string of the molecule is CC(C)(C(=O)C[C@H](c1ncc(-c2ccc(-c3ccc(C4=CN=C([C@@H](NC(=O)C(C)(C)C5CCCC5)C(C)(C)C)C4)cc3)cc2)[nH]1)C(C)(C)C)C1CCCC1. The largest absolute Gasteiger partial charge is 0.347 e. The van der Waals surface area contributed by atoms with Gasteiger partial charge in [-0.05, 0) is 76.2 Å². The quantitative estimate of drug-likeness (QED) is 0.194. The van der Waals surface area contributed by atoms with Crippen molar-refractivity contribution in [3.05, 3.63) is 72.3 Å². The second-order valence-corrected chi connectivity index (χ2v) is 20.0. The average molecular weight is 731 g/mol. The van der Waals surface area contributed by atoms with Crippen LogP contribution >= 0.6 is 0 Å². The number of benzene rings is 2. The minimum Gasteiger partial charge on any atom is -0.347 e. The molecule has 6 nitrogen and oxygen atoms in total. The molecular weight excluding hydrogens is 665 g/mol. The zero-order valence-electron chi connectivity index (χ0n) is 34.9. The van der Waals surface area contributed by atoms with Gasteiger partial charge < -0.3 is 10.3 Å². The molecule has 2 aliphatic carbocycles. The average Bonchev–Trinajstić information content (AvgIpc) is 3.96. The molecule has 6 heteroatoms. The van der Waals surface area contributed by atoms with Gasteiger partial charge in [-0.3, -0.25) is 14.6 Å². The summed E-state index contributed by atoms with van der Waals surface area (Å²) in [5.74, 6) is 2.34. The Morgan fingerprint density at radius 2 is 1.20 bits per heavy atom. The molecule has 0 spiro atoms. The van der Waals surface area contributed by atoms with E-state index in [1.54, 1.807) is 0 Å². The molecule has 1 aliphatic heterocycles. The molecule has 2 heterocycles. The number of rotatable bonds is 12. The summed E-state index contributed by atoms with van der Waals surface area (Å²) in [7, 11) is 0. The molecule has 0 saturated heterocycles. The molecular formula is C48H66N4O2. The maximum Gasteiger partial charge on any atom is 0.226 e. The first kappa shape index (κ1) is 39.9. The number of aromatic nitrogens is 2. The lowest BCUT2D eigenvalue weighted by atomic mass is 9.69. The highest BCUT2D eigenvalue weighted by molar-refractivity contribution is 6.04. The van der Waals surface area contributed by atoms with Gasteiger partial charge in [0, 0.05) is 41.5 Å². The van der Waals surface area contributed by atoms with Crippen molar-refractivity contribution in [3.63, 3.8) is 0 Å². The summed E-state index contributed by atoms with van der Waals surface area (Å²) in [5, 5.41) is 3.45. The fourth-order valence-electron chi connectivity index (χ4n) is 9.27. The molecule has 2 fully saturated rings. The number of hydrogen-bond donors (Lipinski definition) is 2. The normalized spacial score (nSPS) is 18.8. The van der Waals surface area contributed by atoms with Gasteiger partial charge in [-0.1, -0.05) is 143 Å². The third-order valence-corrected chi connectivity index (χ3v) is 13.4. The van der Waals surface area contributed by atoms with Crippen LogP contribution in [0.4, 0.5) is 0 Å². The number of nitrogens with zero attached hydrogens (tertiary/aromatic N) is 2. The second-order valence-electron chi connectivity index (χ2n) is 20.0. The summed E-state index contributed by atoms with van der Waals surface area (Å²) in [6.07, 6.45) is 14.7. The van der Waals surface area contributed by atoms with Crippen molar-refractivity contribution in [2.45, 2.75) is 145 Å². The molecule has 54 heavy (non-hydrogen) atoms. The minimum atomic E-state index is -0.382. The number of aliphatic imine (C=N–C) groups is 1. The summed E-state index contributed by atoms with van der Waals surface area (Å²) >= 11 is 0. The Morgan fingerprint density at radius 3 is 1.72 bits per heavy atom. The van der Waals surface area contributed by atoms with Gasteiger partial charge in [0.15, 0.2) is 0 Å². The first-order valence-corrected chi connectivity index (χ1v) is 20.7. The van der Waals surface area contributed by atoms with E-state index in [1.165, 1.54) is 31.3 Å². The van der Waals surface area contributed by atoms with Crippen molar-refractivity contribution < 1.29 is 9.59 Å². The Kier molecular flexibility index (Phi) is 11.4.